The zero-order valence-electron chi connectivity index (χ0n) is 9.14. The zero-order chi connectivity index (χ0) is 9.90. The molecular formula is C11H23NO. The molecule has 1 aliphatic carbocycles. The van der Waals surface area contributed by atoms with Crippen molar-refractivity contribution in [2.24, 2.45) is 11.8 Å². The summed E-state index contributed by atoms with van der Waals surface area (Å²) < 4.78 is 0. The molecule has 0 amide bonds. The van der Waals surface area contributed by atoms with Crippen LogP contribution < -0.4 is 5.32 Å². The number of aliphatic hydroxyl groups is 1. The van der Waals surface area contributed by atoms with Crippen LogP contribution in [0.25, 0.3) is 0 Å². The predicted molar refractivity (Wildman–Crippen MR) is 55.7 cm³/mol. The molecule has 2 nitrogen and oxygen atoms in total. The lowest BCUT2D eigenvalue weighted by Crippen LogP contribution is -2.43. The molecule has 0 heterocycles. The fraction of sp³-hybridized carbons (Fsp3) is 1.00. The van der Waals surface area contributed by atoms with Gasteiger partial charge in [-0.15, -0.1) is 0 Å². The quantitative estimate of drug-likeness (QED) is 0.702. The van der Waals surface area contributed by atoms with Crippen LogP contribution in [0.1, 0.15) is 39.5 Å². The minimum Gasteiger partial charge on any atom is -0.389 e. The van der Waals surface area contributed by atoms with E-state index < -0.39 is 5.60 Å². The molecule has 0 unspecified atom stereocenters. The lowest BCUT2D eigenvalue weighted by Gasteiger charge is -2.37. The van der Waals surface area contributed by atoms with Crippen LogP contribution in [-0.2, 0) is 0 Å². The molecule has 2 N–H and O–H groups in total. The van der Waals surface area contributed by atoms with Crippen LogP contribution >= 0.6 is 0 Å². The van der Waals surface area contributed by atoms with Crippen LogP contribution in [0.3, 0.4) is 0 Å². The summed E-state index contributed by atoms with van der Waals surface area (Å²) in [5, 5.41) is 13.2. The van der Waals surface area contributed by atoms with Crippen LogP contribution in [0.5, 0.6) is 0 Å². The van der Waals surface area contributed by atoms with E-state index in [9.17, 15) is 5.11 Å². The highest BCUT2D eigenvalue weighted by molar-refractivity contribution is 4.87. The zero-order valence-corrected chi connectivity index (χ0v) is 9.14. The molecule has 1 aliphatic rings. The summed E-state index contributed by atoms with van der Waals surface area (Å²) in [6.45, 7) is 5.32. The van der Waals surface area contributed by atoms with Gasteiger partial charge in [-0.25, -0.2) is 0 Å². The highest BCUT2D eigenvalue weighted by atomic mass is 16.3. The second-order valence-electron chi connectivity index (χ2n) is 4.84. The van der Waals surface area contributed by atoms with E-state index in [0.717, 1.165) is 31.2 Å². The second kappa shape index (κ2) is 4.43. The van der Waals surface area contributed by atoms with Gasteiger partial charge in [-0.2, -0.15) is 0 Å². The molecule has 0 atom stereocenters. The maximum Gasteiger partial charge on any atom is 0.0771 e. The molecule has 13 heavy (non-hydrogen) atoms. The molecule has 0 aromatic heterocycles. The molecule has 2 heteroatoms. The van der Waals surface area contributed by atoms with Gasteiger partial charge < -0.3 is 10.4 Å². The fourth-order valence-electron chi connectivity index (χ4n) is 2.35. The summed E-state index contributed by atoms with van der Waals surface area (Å²) >= 11 is 0. The second-order valence-corrected chi connectivity index (χ2v) is 4.84. The first-order valence-corrected chi connectivity index (χ1v) is 5.44. The van der Waals surface area contributed by atoms with Gasteiger partial charge in [0.1, 0.15) is 0 Å². The first kappa shape index (κ1) is 11.0. The average Bonchev–Trinajstić information content (AvgIpc) is 2.05. The van der Waals surface area contributed by atoms with E-state index in [4.69, 9.17) is 0 Å². The van der Waals surface area contributed by atoms with Gasteiger partial charge in [0.15, 0.2) is 0 Å². The van der Waals surface area contributed by atoms with Gasteiger partial charge in [-0.3, -0.25) is 0 Å². The van der Waals surface area contributed by atoms with Crippen LogP contribution in [0, 0.1) is 11.8 Å². The lowest BCUT2D eigenvalue weighted by atomic mass is 9.74. The van der Waals surface area contributed by atoms with Crippen LogP contribution in [0.15, 0.2) is 0 Å². The minimum absolute atomic E-state index is 0.417. The topological polar surface area (TPSA) is 32.3 Å². The van der Waals surface area contributed by atoms with Gasteiger partial charge in [0.05, 0.1) is 5.60 Å². The van der Waals surface area contributed by atoms with Crippen molar-refractivity contribution in [1.82, 2.24) is 5.32 Å². The molecule has 0 bridgehead atoms. The first-order valence-electron chi connectivity index (χ1n) is 5.44. The standard InChI is InChI=1S/C11H23NO/c1-9(2)10-4-6-11(13,7-5-10)8-12-3/h9-10,12-13H,4-8H2,1-3H3. The van der Waals surface area contributed by atoms with Crippen LogP contribution in [0.4, 0.5) is 0 Å². The Labute approximate surface area is 81.7 Å². The Morgan fingerprint density at radius 2 is 1.92 bits per heavy atom. The minimum atomic E-state index is -0.417. The van der Waals surface area contributed by atoms with E-state index >= 15 is 0 Å². The molecule has 1 saturated carbocycles. The van der Waals surface area contributed by atoms with E-state index in [1.54, 1.807) is 0 Å². The third-order valence-corrected chi connectivity index (χ3v) is 3.41. The van der Waals surface area contributed by atoms with Crippen molar-refractivity contribution in [2.75, 3.05) is 13.6 Å². The molecule has 0 aromatic rings. The SMILES string of the molecule is CNCC1(O)CCC(C(C)C)CC1. The number of hydrogen-bond acceptors (Lipinski definition) is 2. The Balaban J connectivity index is 2.37. The fourth-order valence-corrected chi connectivity index (χ4v) is 2.35. The molecule has 0 radical (unpaired) electrons. The summed E-state index contributed by atoms with van der Waals surface area (Å²) in [6.07, 6.45) is 4.32. The van der Waals surface area contributed by atoms with E-state index in [-0.39, 0.29) is 0 Å². The van der Waals surface area contributed by atoms with E-state index in [2.05, 4.69) is 19.2 Å². The molecule has 1 fully saturated rings. The Bertz CT molecular complexity index is 148. The molecular weight excluding hydrogens is 162 g/mol. The monoisotopic (exact) mass is 185 g/mol. The summed E-state index contributed by atoms with van der Waals surface area (Å²) in [6, 6.07) is 0. The predicted octanol–water partition coefficient (Wildman–Crippen LogP) is 1.78. The smallest absolute Gasteiger partial charge is 0.0771 e. The molecule has 1 rings (SSSR count). The third-order valence-electron chi connectivity index (χ3n) is 3.41. The van der Waals surface area contributed by atoms with Crippen LogP contribution in [-0.4, -0.2) is 24.3 Å². The Kier molecular flexibility index (Phi) is 3.74. The summed E-state index contributed by atoms with van der Waals surface area (Å²) in [7, 11) is 1.91. The van der Waals surface area contributed by atoms with Gasteiger partial charge in [0, 0.05) is 6.54 Å². The third kappa shape index (κ3) is 2.96. The van der Waals surface area contributed by atoms with E-state index in [0.29, 0.717) is 0 Å². The van der Waals surface area contributed by atoms with Crippen molar-refractivity contribution in [3.63, 3.8) is 0 Å². The van der Waals surface area contributed by atoms with Gasteiger partial charge >= 0.3 is 0 Å². The van der Waals surface area contributed by atoms with Gasteiger partial charge in [-0.05, 0) is 44.6 Å². The molecule has 78 valence electrons. The van der Waals surface area contributed by atoms with Crippen molar-refractivity contribution in [1.29, 1.82) is 0 Å². The molecule has 0 aromatic carbocycles. The Morgan fingerprint density at radius 3 is 2.31 bits per heavy atom. The van der Waals surface area contributed by atoms with Crippen molar-refractivity contribution in [3.8, 4) is 0 Å². The maximum atomic E-state index is 10.1. The lowest BCUT2D eigenvalue weighted by molar-refractivity contribution is -0.0125. The number of rotatable bonds is 3. The van der Waals surface area contributed by atoms with Crippen molar-refractivity contribution >= 4 is 0 Å². The van der Waals surface area contributed by atoms with E-state index in [1.165, 1.54) is 12.8 Å². The van der Waals surface area contributed by atoms with Gasteiger partial charge in [-0.1, -0.05) is 13.8 Å². The molecule has 0 aliphatic heterocycles. The number of likely N-dealkylation sites (N-methyl/N-ethyl adjacent to an activating group) is 1. The normalized spacial score (nSPS) is 35.3. The average molecular weight is 185 g/mol. The number of hydrogen-bond donors (Lipinski definition) is 2. The van der Waals surface area contributed by atoms with Crippen molar-refractivity contribution in [3.05, 3.63) is 0 Å². The van der Waals surface area contributed by atoms with Crippen molar-refractivity contribution < 1.29 is 5.11 Å². The summed E-state index contributed by atoms with van der Waals surface area (Å²) in [5.41, 5.74) is -0.417. The van der Waals surface area contributed by atoms with Crippen LogP contribution in [0.2, 0.25) is 0 Å². The van der Waals surface area contributed by atoms with E-state index in [1.807, 2.05) is 7.05 Å². The van der Waals surface area contributed by atoms with Gasteiger partial charge in [0.2, 0.25) is 0 Å². The molecule has 0 spiro atoms. The number of nitrogens with one attached hydrogen (secondary N) is 1. The maximum absolute atomic E-state index is 10.1. The Morgan fingerprint density at radius 1 is 1.38 bits per heavy atom. The Hall–Kier alpha value is -0.0800. The molecule has 0 saturated heterocycles. The first-order chi connectivity index (χ1) is 6.07. The largest absolute Gasteiger partial charge is 0.389 e. The summed E-state index contributed by atoms with van der Waals surface area (Å²) in [5.74, 6) is 1.61. The van der Waals surface area contributed by atoms with Crippen molar-refractivity contribution in [2.45, 2.75) is 45.1 Å². The highest BCUT2D eigenvalue weighted by Gasteiger charge is 2.33. The summed E-state index contributed by atoms with van der Waals surface area (Å²) in [4.78, 5) is 0. The highest BCUT2D eigenvalue weighted by Crippen LogP contribution is 2.35. The van der Waals surface area contributed by atoms with Gasteiger partial charge in [0.25, 0.3) is 0 Å².